The van der Waals surface area contributed by atoms with Gasteiger partial charge in [0.25, 0.3) is 11.8 Å². The van der Waals surface area contributed by atoms with E-state index in [0.29, 0.717) is 5.01 Å². The molecule has 2 fully saturated rings. The summed E-state index contributed by atoms with van der Waals surface area (Å²) in [4.78, 5) is 38.3. The van der Waals surface area contributed by atoms with Crippen LogP contribution in [0.2, 0.25) is 0 Å². The third kappa shape index (κ3) is 11.0. The Balaban J connectivity index is -0.000000353. The molecule has 11 nitrogen and oxygen atoms in total. The van der Waals surface area contributed by atoms with E-state index in [9.17, 15) is 32.1 Å². The number of hydrogen-bond acceptors (Lipinski definition) is 8. The van der Waals surface area contributed by atoms with Crippen LogP contribution in [0.25, 0.3) is 0 Å². The summed E-state index contributed by atoms with van der Waals surface area (Å²) < 4.78 is 49.4. The Kier molecular flexibility index (Phi) is 14.2. The molecule has 2 heterocycles. The normalized spacial score (nSPS) is 23.8. The van der Waals surface area contributed by atoms with Crippen molar-refractivity contribution in [3.63, 3.8) is 0 Å². The number of carbonyl (C=O) groups is 2. The number of nitrogens with zero attached hydrogens (tertiary/aromatic N) is 3. The second-order valence-corrected chi connectivity index (χ2v) is 5.00. The van der Waals surface area contributed by atoms with Gasteiger partial charge in [0.1, 0.15) is 12.6 Å². The van der Waals surface area contributed by atoms with E-state index < -0.39 is 61.8 Å². The van der Waals surface area contributed by atoms with Crippen LogP contribution in [0.3, 0.4) is 0 Å². The fourth-order valence-corrected chi connectivity index (χ4v) is 1.99. The molecule has 0 aromatic rings. The quantitative estimate of drug-likeness (QED) is 0.212. The zero-order chi connectivity index (χ0) is 19.8. The second-order valence-electron chi connectivity index (χ2n) is 5.00. The van der Waals surface area contributed by atoms with Crippen LogP contribution in [0.1, 0.15) is 20.3 Å². The van der Waals surface area contributed by atoms with Gasteiger partial charge in [0.15, 0.2) is 6.04 Å². The van der Waals surface area contributed by atoms with Crippen LogP contribution in [0.5, 0.6) is 0 Å². The fourth-order valence-electron chi connectivity index (χ4n) is 1.99. The smallest absolute Gasteiger partial charge is 0.480 e. The summed E-state index contributed by atoms with van der Waals surface area (Å²) in [5.74, 6) is -8.64. The molecule has 16 heteroatoms. The van der Waals surface area contributed by atoms with Crippen LogP contribution in [0.4, 0.5) is 17.6 Å². The number of nitroso groups, excluding NO2 is 1. The van der Waals surface area contributed by atoms with Crippen LogP contribution >= 0.6 is 0 Å². The van der Waals surface area contributed by atoms with Gasteiger partial charge in [0, 0.05) is 12.8 Å². The van der Waals surface area contributed by atoms with Crippen LogP contribution in [0.15, 0.2) is 10.6 Å². The van der Waals surface area contributed by atoms with Gasteiger partial charge in [-0.2, -0.15) is 0 Å². The van der Waals surface area contributed by atoms with Gasteiger partial charge in [0.05, 0.1) is 11.8 Å². The number of hydrogen-bond donors (Lipinski definition) is 3. The van der Waals surface area contributed by atoms with Crippen LogP contribution in [-0.4, -0.2) is 64.2 Å². The van der Waals surface area contributed by atoms with Gasteiger partial charge in [-0.25, -0.2) is 27.4 Å². The van der Waals surface area contributed by atoms with Gasteiger partial charge < -0.3 is 20.3 Å². The van der Waals surface area contributed by atoms with E-state index in [1.807, 2.05) is 0 Å². The molecule has 2 aliphatic rings. The molecule has 0 saturated carbocycles. The van der Waals surface area contributed by atoms with E-state index in [2.05, 4.69) is 10.6 Å². The largest absolute Gasteiger partial charge is 1.00 e. The summed E-state index contributed by atoms with van der Waals surface area (Å²) >= 11 is 0. The molecule has 0 radical (unpaired) electrons. The van der Waals surface area contributed by atoms with Crippen molar-refractivity contribution in [2.75, 3.05) is 13.1 Å². The van der Waals surface area contributed by atoms with Crippen LogP contribution in [0, 0.1) is 15.0 Å². The van der Waals surface area contributed by atoms with Gasteiger partial charge in [-0.1, -0.05) is 7.43 Å². The number of alkyl halides is 4. The average Bonchev–Trinajstić information content (AvgIpc) is 2.99. The summed E-state index contributed by atoms with van der Waals surface area (Å²) in [6.07, 6.45) is -1.45. The zero-order valence-electron chi connectivity index (χ0n) is 13.3. The van der Waals surface area contributed by atoms with E-state index in [1.54, 1.807) is 0 Å². The Morgan fingerprint density at radius 3 is 1.78 bits per heavy atom. The molecule has 0 aromatic carbocycles. The summed E-state index contributed by atoms with van der Waals surface area (Å²) in [6, 6.07) is -2.56. The number of nitrogens with one attached hydrogen (secondary N) is 1. The zero-order valence-corrected chi connectivity index (χ0v) is 15.3. The molecule has 3 N–H and O–H groups in total. The number of halogens is 4. The standard InChI is InChI=1S/C5H6F2N2O3.C5H7F2NO2.CH4.HNO2.Na/c6-5(7)1-3(4(10)11)9(2-5)8-12;6-5(7)1-3(4(9)10)8-2-5;;2-1-3;/h3H,1-2H2,(H,10,11);3,8H,1-2H2,(H,9,10);1H4;(H,2,3);/q;;;;+1/p-1. The summed E-state index contributed by atoms with van der Waals surface area (Å²) in [7, 11) is 0. The minimum Gasteiger partial charge on any atom is -0.480 e. The minimum absolute atomic E-state index is 0. The van der Waals surface area contributed by atoms with Crippen molar-refractivity contribution < 1.29 is 66.9 Å². The van der Waals surface area contributed by atoms with Gasteiger partial charge in [0.2, 0.25) is 0 Å². The molecule has 152 valence electrons. The molecule has 0 bridgehead atoms. The SMILES string of the molecule is C.O=C(O)C1CC(F)(F)CN1.O=NN1CC(F)(F)CC1C(=O)O.O=N[O-].[Na+]. The van der Waals surface area contributed by atoms with Crippen LogP contribution < -0.4 is 34.9 Å². The van der Waals surface area contributed by atoms with Crippen molar-refractivity contribution in [2.24, 2.45) is 10.6 Å². The minimum atomic E-state index is -3.13. The Bertz CT molecular complexity index is 515. The van der Waals surface area contributed by atoms with E-state index in [4.69, 9.17) is 20.3 Å². The van der Waals surface area contributed by atoms with Gasteiger partial charge >= 0.3 is 41.5 Å². The molecule has 0 spiro atoms. The van der Waals surface area contributed by atoms with Crippen molar-refractivity contribution in [3.05, 3.63) is 15.0 Å². The molecule has 2 unspecified atom stereocenters. The number of rotatable bonds is 3. The summed E-state index contributed by atoms with van der Waals surface area (Å²) in [5.41, 5.74) is 0. The number of carboxylic acid groups (broad SMARTS) is 2. The van der Waals surface area contributed by atoms with Crippen molar-refractivity contribution in [2.45, 2.75) is 44.2 Å². The van der Waals surface area contributed by atoms with E-state index >= 15 is 0 Å². The molecule has 2 aliphatic heterocycles. The maximum Gasteiger partial charge on any atom is 1.00 e. The monoisotopic (exact) mass is 416 g/mol. The molecule has 2 saturated heterocycles. The Morgan fingerprint density at radius 2 is 1.56 bits per heavy atom. The molecule has 2 rings (SSSR count). The molecular weight excluding hydrogens is 399 g/mol. The Hall–Kier alpha value is -1.58. The predicted octanol–water partition coefficient (Wildman–Crippen LogP) is -1.58. The number of carboxylic acids is 2. The molecule has 2 atom stereocenters. The molecule has 27 heavy (non-hydrogen) atoms. The van der Waals surface area contributed by atoms with Crippen molar-refractivity contribution >= 4 is 11.9 Å². The van der Waals surface area contributed by atoms with Crippen molar-refractivity contribution in [1.82, 2.24) is 10.3 Å². The molecule has 0 aliphatic carbocycles. The molecular formula is C11H17F4N4NaO7. The first-order chi connectivity index (χ1) is 11.4. The van der Waals surface area contributed by atoms with Crippen LogP contribution in [-0.2, 0) is 9.59 Å². The third-order valence-electron chi connectivity index (χ3n) is 3.04. The van der Waals surface area contributed by atoms with Crippen molar-refractivity contribution in [1.29, 1.82) is 0 Å². The predicted molar refractivity (Wildman–Crippen MR) is 78.4 cm³/mol. The summed E-state index contributed by atoms with van der Waals surface area (Å²) in [6.45, 7) is -1.43. The molecule has 0 aromatic heterocycles. The first kappa shape index (κ1) is 30.2. The Labute approximate surface area is 172 Å². The van der Waals surface area contributed by atoms with E-state index in [1.165, 1.54) is 0 Å². The van der Waals surface area contributed by atoms with Gasteiger partial charge in [-0.15, -0.1) is 10.2 Å². The van der Waals surface area contributed by atoms with Gasteiger partial charge in [-0.05, 0) is 0 Å². The molecule has 0 amide bonds. The Morgan fingerprint density at radius 1 is 1.07 bits per heavy atom. The first-order valence-electron chi connectivity index (χ1n) is 6.38. The maximum atomic E-state index is 12.5. The third-order valence-corrected chi connectivity index (χ3v) is 3.04. The fraction of sp³-hybridized carbons (Fsp3) is 0.818. The number of aliphatic carboxylic acids is 2. The summed E-state index contributed by atoms with van der Waals surface area (Å²) in [5, 5.41) is 30.4. The van der Waals surface area contributed by atoms with Gasteiger partial charge in [-0.3, -0.25) is 10.1 Å². The maximum absolute atomic E-state index is 12.5. The first-order valence-corrected chi connectivity index (χ1v) is 6.38. The second kappa shape index (κ2) is 12.7. The topological polar surface area (TPSA) is 172 Å². The van der Waals surface area contributed by atoms with E-state index in [0.717, 1.165) is 5.34 Å². The average molecular weight is 416 g/mol. The van der Waals surface area contributed by atoms with E-state index in [-0.39, 0.29) is 37.0 Å². The van der Waals surface area contributed by atoms with Crippen molar-refractivity contribution in [3.8, 4) is 0 Å².